The molecule has 0 bridgehead atoms. The van der Waals surface area contributed by atoms with Gasteiger partial charge in [0.2, 0.25) is 11.7 Å². The van der Waals surface area contributed by atoms with Crippen molar-refractivity contribution in [1.29, 1.82) is 0 Å². The Morgan fingerprint density at radius 3 is 1.93 bits per heavy atom. The van der Waals surface area contributed by atoms with E-state index in [9.17, 15) is 39.9 Å². The van der Waals surface area contributed by atoms with Crippen molar-refractivity contribution in [1.82, 2.24) is 5.32 Å². The van der Waals surface area contributed by atoms with E-state index in [1.807, 2.05) is 0 Å². The predicted molar refractivity (Wildman–Crippen MR) is 94.0 cm³/mol. The third-order valence-electron chi connectivity index (χ3n) is 4.12. The summed E-state index contributed by atoms with van der Waals surface area (Å²) in [4.78, 5) is 12.2. The Bertz CT molecular complexity index is 929. The minimum absolute atomic E-state index is 0.120. The van der Waals surface area contributed by atoms with Crippen molar-refractivity contribution in [2.24, 2.45) is 5.41 Å². The predicted octanol–water partition coefficient (Wildman–Crippen LogP) is 5.84. The zero-order valence-corrected chi connectivity index (χ0v) is 16.4. The van der Waals surface area contributed by atoms with Gasteiger partial charge in [-0.1, -0.05) is 26.0 Å². The largest absolute Gasteiger partial charge is 0.417 e. The standard InChI is InChI=1S/C19H15F8NOS/c1-18(2,8-30-11-6-4-3-5-10(11)19(25,26)27)17(29)28-7-9-12(20)14(22)16(24)15(23)13(9)21/h3-6H,7-8H2,1-2H3,(H,28,29). The number of carbonyl (C=O) groups excluding carboxylic acids is 1. The van der Waals surface area contributed by atoms with E-state index in [0.717, 1.165) is 17.8 Å². The number of nitrogens with one attached hydrogen (secondary N) is 1. The van der Waals surface area contributed by atoms with E-state index in [1.165, 1.54) is 32.0 Å². The Kier molecular flexibility index (Phi) is 7.05. The molecule has 2 nitrogen and oxygen atoms in total. The third-order valence-corrected chi connectivity index (χ3v) is 5.66. The lowest BCUT2D eigenvalue weighted by Gasteiger charge is -2.24. The number of benzene rings is 2. The monoisotopic (exact) mass is 457 g/mol. The summed E-state index contributed by atoms with van der Waals surface area (Å²) in [5.74, 6) is -11.7. The van der Waals surface area contributed by atoms with Gasteiger partial charge in [-0.2, -0.15) is 13.2 Å². The fourth-order valence-electron chi connectivity index (χ4n) is 2.36. The molecular formula is C19H15F8NOS. The van der Waals surface area contributed by atoms with E-state index in [-0.39, 0.29) is 10.6 Å². The van der Waals surface area contributed by atoms with Crippen molar-refractivity contribution in [3.8, 4) is 0 Å². The molecule has 2 rings (SSSR count). The Morgan fingerprint density at radius 2 is 1.40 bits per heavy atom. The van der Waals surface area contributed by atoms with Gasteiger partial charge in [-0.3, -0.25) is 4.79 Å². The molecule has 164 valence electrons. The van der Waals surface area contributed by atoms with E-state index in [2.05, 4.69) is 5.32 Å². The first-order chi connectivity index (χ1) is 13.8. The fourth-order valence-corrected chi connectivity index (χ4v) is 3.53. The molecule has 2 aromatic carbocycles. The Morgan fingerprint density at radius 1 is 0.900 bits per heavy atom. The van der Waals surface area contributed by atoms with Crippen LogP contribution in [-0.2, 0) is 17.5 Å². The van der Waals surface area contributed by atoms with Crippen molar-refractivity contribution in [2.75, 3.05) is 5.75 Å². The molecule has 0 radical (unpaired) electrons. The molecule has 0 aliphatic heterocycles. The molecule has 30 heavy (non-hydrogen) atoms. The van der Waals surface area contributed by atoms with Crippen LogP contribution in [0.2, 0.25) is 0 Å². The van der Waals surface area contributed by atoms with Crippen LogP contribution in [-0.4, -0.2) is 11.7 Å². The van der Waals surface area contributed by atoms with Crippen LogP contribution in [0.1, 0.15) is 25.0 Å². The minimum atomic E-state index is -4.60. The molecule has 1 amide bonds. The number of alkyl halides is 3. The molecule has 0 aliphatic rings. The Balaban J connectivity index is 2.12. The van der Waals surface area contributed by atoms with E-state index in [4.69, 9.17) is 0 Å². The normalized spacial score (nSPS) is 12.2. The molecule has 0 aromatic heterocycles. The molecule has 11 heteroatoms. The maximum absolute atomic E-state index is 13.7. The molecule has 0 heterocycles. The summed E-state index contributed by atoms with van der Waals surface area (Å²) < 4.78 is 106. The molecule has 0 saturated carbocycles. The molecule has 0 spiro atoms. The smallest absolute Gasteiger partial charge is 0.351 e. The van der Waals surface area contributed by atoms with Crippen molar-refractivity contribution in [2.45, 2.75) is 31.5 Å². The quantitative estimate of drug-likeness (QED) is 0.256. The second-order valence-corrected chi connectivity index (χ2v) is 7.91. The van der Waals surface area contributed by atoms with Crippen LogP contribution in [0.3, 0.4) is 0 Å². The van der Waals surface area contributed by atoms with Gasteiger partial charge in [-0.05, 0) is 12.1 Å². The van der Waals surface area contributed by atoms with E-state index < -0.39 is 64.3 Å². The molecular weight excluding hydrogens is 442 g/mol. The molecule has 1 N–H and O–H groups in total. The maximum atomic E-state index is 13.7. The van der Waals surface area contributed by atoms with Crippen LogP contribution >= 0.6 is 11.8 Å². The number of carbonyl (C=O) groups is 1. The van der Waals surface area contributed by atoms with Crippen LogP contribution < -0.4 is 5.32 Å². The van der Waals surface area contributed by atoms with Crippen LogP contribution in [0, 0.1) is 34.5 Å². The molecule has 0 fully saturated rings. The zero-order chi connectivity index (χ0) is 22.9. The van der Waals surface area contributed by atoms with Gasteiger partial charge in [-0.25, -0.2) is 22.0 Å². The van der Waals surface area contributed by atoms with Crippen molar-refractivity contribution >= 4 is 17.7 Å². The number of thioether (sulfide) groups is 1. The van der Waals surface area contributed by atoms with Crippen LogP contribution in [0.4, 0.5) is 35.1 Å². The van der Waals surface area contributed by atoms with Crippen LogP contribution in [0.25, 0.3) is 0 Å². The highest BCUT2D eigenvalue weighted by Gasteiger charge is 2.35. The lowest BCUT2D eigenvalue weighted by molar-refractivity contribution is -0.139. The number of amides is 1. The van der Waals surface area contributed by atoms with Gasteiger partial charge in [0.1, 0.15) is 0 Å². The van der Waals surface area contributed by atoms with E-state index in [0.29, 0.717) is 0 Å². The second-order valence-electron chi connectivity index (χ2n) is 6.90. The Labute approximate surface area is 170 Å². The highest BCUT2D eigenvalue weighted by Crippen LogP contribution is 2.38. The number of hydrogen-bond donors (Lipinski definition) is 1. The van der Waals surface area contributed by atoms with Gasteiger partial charge in [0.15, 0.2) is 23.3 Å². The first-order valence-corrected chi connectivity index (χ1v) is 9.33. The van der Waals surface area contributed by atoms with Gasteiger partial charge in [0.25, 0.3) is 0 Å². The van der Waals surface area contributed by atoms with E-state index in [1.54, 1.807) is 0 Å². The van der Waals surface area contributed by atoms with Crippen molar-refractivity contribution in [3.05, 3.63) is 64.5 Å². The van der Waals surface area contributed by atoms with Gasteiger partial charge >= 0.3 is 6.18 Å². The van der Waals surface area contributed by atoms with Crippen LogP contribution in [0.5, 0.6) is 0 Å². The molecule has 0 aliphatic carbocycles. The van der Waals surface area contributed by atoms with Gasteiger partial charge < -0.3 is 5.32 Å². The topological polar surface area (TPSA) is 29.1 Å². The highest BCUT2D eigenvalue weighted by molar-refractivity contribution is 7.99. The minimum Gasteiger partial charge on any atom is -0.351 e. The summed E-state index contributed by atoms with van der Waals surface area (Å²) in [6.45, 7) is 1.74. The summed E-state index contributed by atoms with van der Waals surface area (Å²) in [6, 6.07) is 4.73. The number of rotatable bonds is 6. The number of hydrogen-bond acceptors (Lipinski definition) is 2. The second kappa shape index (κ2) is 8.83. The molecule has 0 atom stereocenters. The maximum Gasteiger partial charge on any atom is 0.417 e. The lowest BCUT2D eigenvalue weighted by atomic mass is 9.95. The summed E-state index contributed by atoms with van der Waals surface area (Å²) >= 11 is 0.745. The first kappa shape index (κ1) is 24.0. The van der Waals surface area contributed by atoms with Gasteiger partial charge in [-0.15, -0.1) is 11.8 Å². The molecule has 2 aromatic rings. The summed E-state index contributed by atoms with van der Waals surface area (Å²) in [6.07, 6.45) is -4.60. The summed E-state index contributed by atoms with van der Waals surface area (Å²) in [7, 11) is 0. The average Bonchev–Trinajstić information content (AvgIpc) is 2.68. The zero-order valence-electron chi connectivity index (χ0n) is 15.6. The average molecular weight is 457 g/mol. The van der Waals surface area contributed by atoms with E-state index >= 15 is 0 Å². The summed E-state index contributed by atoms with van der Waals surface area (Å²) in [5.41, 5.74) is -3.42. The van der Waals surface area contributed by atoms with Crippen molar-refractivity contribution in [3.63, 3.8) is 0 Å². The van der Waals surface area contributed by atoms with Crippen LogP contribution in [0.15, 0.2) is 29.2 Å². The van der Waals surface area contributed by atoms with Crippen molar-refractivity contribution < 1.29 is 39.9 Å². The Hall–Kier alpha value is -2.30. The summed E-state index contributed by atoms with van der Waals surface area (Å²) in [5, 5.41) is 2.07. The SMILES string of the molecule is CC(C)(CSc1ccccc1C(F)(F)F)C(=O)NCc1c(F)c(F)c(F)c(F)c1F. The first-order valence-electron chi connectivity index (χ1n) is 8.35. The van der Waals surface area contributed by atoms with Gasteiger partial charge in [0.05, 0.1) is 11.0 Å². The van der Waals surface area contributed by atoms with Gasteiger partial charge in [0, 0.05) is 22.8 Å². The molecule has 0 saturated heterocycles. The third kappa shape index (κ3) is 5.05. The fraction of sp³-hybridized carbons (Fsp3) is 0.316. The highest BCUT2D eigenvalue weighted by atomic mass is 32.2. The lowest BCUT2D eigenvalue weighted by Crippen LogP contribution is -2.38. The number of halogens is 8. The molecule has 0 unspecified atom stereocenters.